The summed E-state index contributed by atoms with van der Waals surface area (Å²) in [5.74, 6) is -0.563. The number of phenols is 1. The zero-order chi connectivity index (χ0) is 14.1. The molecule has 0 atom stereocenters. The van der Waals surface area contributed by atoms with Gasteiger partial charge in [0.1, 0.15) is 5.75 Å². The Bertz CT molecular complexity index is 538. The molecule has 1 aromatic carbocycles. The topological polar surface area (TPSA) is 66.4 Å². The molecule has 0 spiro atoms. The smallest absolute Gasteiger partial charge is 0.416 e. The van der Waals surface area contributed by atoms with E-state index in [0.29, 0.717) is 12.1 Å². The quantitative estimate of drug-likeness (QED) is 0.838. The molecule has 0 bridgehead atoms. The molecular formula is C10H12F3NO3S. The molecule has 1 rings (SSSR count). The number of nitrogens with one attached hydrogen (secondary N) is 1. The van der Waals surface area contributed by atoms with Crippen LogP contribution in [0, 0.1) is 0 Å². The number of aromatic hydroxyl groups is 1. The molecule has 0 saturated carbocycles. The van der Waals surface area contributed by atoms with Gasteiger partial charge < -0.3 is 5.11 Å². The van der Waals surface area contributed by atoms with Gasteiger partial charge in [0.2, 0.25) is 10.0 Å². The third-order valence-electron chi connectivity index (χ3n) is 2.20. The zero-order valence-corrected chi connectivity index (χ0v) is 10.4. The number of alkyl halides is 3. The fourth-order valence-corrected chi connectivity index (χ4v) is 1.77. The van der Waals surface area contributed by atoms with E-state index in [4.69, 9.17) is 0 Å². The summed E-state index contributed by atoms with van der Waals surface area (Å²) in [7, 11) is -3.81. The van der Waals surface area contributed by atoms with Gasteiger partial charge in [0.25, 0.3) is 0 Å². The molecule has 0 unspecified atom stereocenters. The lowest BCUT2D eigenvalue weighted by Crippen LogP contribution is -2.22. The van der Waals surface area contributed by atoms with Gasteiger partial charge in [-0.15, -0.1) is 0 Å². The molecule has 4 nitrogen and oxygen atoms in total. The summed E-state index contributed by atoms with van der Waals surface area (Å²) in [5, 5.41) is 8.52. The van der Waals surface area contributed by atoms with E-state index >= 15 is 0 Å². The van der Waals surface area contributed by atoms with Crippen LogP contribution in [-0.2, 0) is 16.2 Å². The first-order valence-corrected chi connectivity index (χ1v) is 6.50. The Labute approximate surface area is 102 Å². The highest BCUT2D eigenvalue weighted by Gasteiger charge is 2.31. The number of anilines is 1. The summed E-state index contributed by atoms with van der Waals surface area (Å²) in [4.78, 5) is 0. The maximum absolute atomic E-state index is 12.4. The van der Waals surface area contributed by atoms with Gasteiger partial charge in [0.15, 0.2) is 0 Å². The minimum atomic E-state index is -4.61. The molecule has 2 N–H and O–H groups in total. The number of hydrogen-bond acceptors (Lipinski definition) is 3. The highest BCUT2D eigenvalue weighted by Crippen LogP contribution is 2.34. The molecule has 1 aromatic rings. The van der Waals surface area contributed by atoms with E-state index in [1.54, 1.807) is 0 Å². The van der Waals surface area contributed by atoms with Gasteiger partial charge in [-0.1, -0.05) is 0 Å². The van der Waals surface area contributed by atoms with Crippen LogP contribution in [0.2, 0.25) is 0 Å². The van der Waals surface area contributed by atoms with Crippen molar-refractivity contribution in [1.29, 1.82) is 0 Å². The van der Waals surface area contributed by atoms with Crippen molar-refractivity contribution in [3.05, 3.63) is 23.8 Å². The predicted molar refractivity (Wildman–Crippen MR) is 60.8 cm³/mol. The van der Waals surface area contributed by atoms with Crippen LogP contribution in [0.3, 0.4) is 0 Å². The average Bonchev–Trinajstić information content (AvgIpc) is 2.19. The maximum atomic E-state index is 12.4. The monoisotopic (exact) mass is 283 g/mol. The molecule has 0 aliphatic heterocycles. The summed E-state index contributed by atoms with van der Waals surface area (Å²) < 4.78 is 62.2. The molecule has 0 fully saturated rings. The van der Waals surface area contributed by atoms with Crippen LogP contribution in [0.4, 0.5) is 18.9 Å². The van der Waals surface area contributed by atoms with Crippen molar-refractivity contribution in [3.63, 3.8) is 0 Å². The maximum Gasteiger partial charge on any atom is 0.416 e. The van der Waals surface area contributed by atoms with E-state index in [2.05, 4.69) is 0 Å². The van der Waals surface area contributed by atoms with Gasteiger partial charge in [0, 0.05) is 0 Å². The fourth-order valence-electron chi connectivity index (χ4n) is 1.07. The number of benzene rings is 1. The summed E-state index contributed by atoms with van der Waals surface area (Å²) in [5.41, 5.74) is -1.53. The van der Waals surface area contributed by atoms with E-state index < -0.39 is 38.4 Å². The predicted octanol–water partition coefficient (Wildman–Crippen LogP) is 2.56. The van der Waals surface area contributed by atoms with Gasteiger partial charge in [-0.05, 0) is 32.0 Å². The van der Waals surface area contributed by atoms with Gasteiger partial charge in [-0.2, -0.15) is 13.2 Å². The molecule has 0 aliphatic carbocycles. The van der Waals surface area contributed by atoms with Crippen molar-refractivity contribution in [2.24, 2.45) is 0 Å². The van der Waals surface area contributed by atoms with Gasteiger partial charge in [-0.25, -0.2) is 8.42 Å². The molecule has 0 aromatic heterocycles. The number of halogens is 3. The summed E-state index contributed by atoms with van der Waals surface area (Å²) in [6.45, 7) is 2.74. The van der Waals surface area contributed by atoms with Crippen molar-refractivity contribution in [3.8, 4) is 5.75 Å². The highest BCUT2D eigenvalue weighted by atomic mass is 32.2. The molecule has 0 heterocycles. The fraction of sp³-hybridized carbons (Fsp3) is 0.400. The Morgan fingerprint density at radius 1 is 1.28 bits per heavy atom. The lowest BCUT2D eigenvalue weighted by atomic mass is 10.2. The highest BCUT2D eigenvalue weighted by molar-refractivity contribution is 7.93. The molecule has 0 saturated heterocycles. The Morgan fingerprint density at radius 3 is 2.28 bits per heavy atom. The van der Waals surface area contributed by atoms with E-state index in [1.165, 1.54) is 13.8 Å². The zero-order valence-electron chi connectivity index (χ0n) is 9.62. The largest absolute Gasteiger partial charge is 0.506 e. The molecular weight excluding hydrogens is 271 g/mol. The first-order valence-electron chi connectivity index (χ1n) is 4.96. The first-order chi connectivity index (χ1) is 8.04. The minimum Gasteiger partial charge on any atom is -0.506 e. The SMILES string of the molecule is CC(C)S(=O)(=O)Nc1cc(C(F)(F)F)ccc1O. The van der Waals surface area contributed by atoms with Crippen LogP contribution < -0.4 is 4.72 Å². The average molecular weight is 283 g/mol. The van der Waals surface area contributed by atoms with Crippen LogP contribution in [0.25, 0.3) is 0 Å². The summed E-state index contributed by atoms with van der Waals surface area (Å²) in [6.07, 6.45) is -4.61. The van der Waals surface area contributed by atoms with Crippen LogP contribution >= 0.6 is 0 Å². The van der Waals surface area contributed by atoms with Crippen molar-refractivity contribution in [2.75, 3.05) is 4.72 Å². The van der Waals surface area contributed by atoms with Crippen LogP contribution in [-0.4, -0.2) is 18.8 Å². The Morgan fingerprint density at radius 2 is 1.83 bits per heavy atom. The van der Waals surface area contributed by atoms with E-state index in [-0.39, 0.29) is 0 Å². The summed E-state index contributed by atoms with van der Waals surface area (Å²) in [6, 6.07) is 2.01. The lowest BCUT2D eigenvalue weighted by Gasteiger charge is -2.14. The van der Waals surface area contributed by atoms with Crippen LogP contribution in [0.15, 0.2) is 18.2 Å². The van der Waals surface area contributed by atoms with Crippen LogP contribution in [0.1, 0.15) is 19.4 Å². The second-order valence-corrected chi connectivity index (χ2v) is 6.16. The van der Waals surface area contributed by atoms with Crippen molar-refractivity contribution in [1.82, 2.24) is 0 Å². The number of hydrogen-bond donors (Lipinski definition) is 2. The summed E-state index contributed by atoms with van der Waals surface area (Å²) >= 11 is 0. The van der Waals surface area contributed by atoms with Crippen molar-refractivity contribution in [2.45, 2.75) is 25.3 Å². The van der Waals surface area contributed by atoms with Gasteiger partial charge in [-0.3, -0.25) is 4.72 Å². The molecule has 102 valence electrons. The number of sulfonamides is 1. The standard InChI is InChI=1S/C10H12F3NO3S/c1-6(2)18(16,17)14-8-5-7(10(11,12)13)3-4-9(8)15/h3-6,14-15H,1-2H3. The van der Waals surface area contributed by atoms with Crippen molar-refractivity contribution >= 4 is 15.7 Å². The minimum absolute atomic E-state index is 0.487. The molecule has 0 radical (unpaired) electrons. The molecule has 18 heavy (non-hydrogen) atoms. The lowest BCUT2D eigenvalue weighted by molar-refractivity contribution is -0.137. The second-order valence-electron chi connectivity index (χ2n) is 3.93. The molecule has 8 heteroatoms. The van der Waals surface area contributed by atoms with Crippen LogP contribution in [0.5, 0.6) is 5.75 Å². The normalized spacial score (nSPS) is 12.8. The van der Waals surface area contributed by atoms with Crippen molar-refractivity contribution < 1.29 is 26.7 Å². The first kappa shape index (κ1) is 14.6. The Hall–Kier alpha value is -1.44. The second kappa shape index (κ2) is 4.68. The van der Waals surface area contributed by atoms with Gasteiger partial charge in [0.05, 0.1) is 16.5 Å². The van der Waals surface area contributed by atoms with Gasteiger partial charge >= 0.3 is 6.18 Å². The van der Waals surface area contributed by atoms with E-state index in [9.17, 15) is 26.7 Å². The van der Waals surface area contributed by atoms with E-state index in [1.807, 2.05) is 4.72 Å². The Balaban J connectivity index is 3.18. The Kier molecular flexibility index (Phi) is 3.80. The number of phenolic OH excluding ortho intramolecular Hbond substituents is 1. The molecule has 0 aliphatic rings. The molecule has 0 amide bonds. The third kappa shape index (κ3) is 3.28. The third-order valence-corrected chi connectivity index (χ3v) is 3.94. The van der Waals surface area contributed by atoms with E-state index in [0.717, 1.165) is 6.07 Å². The number of rotatable bonds is 3.